The Balaban J connectivity index is 2.05. The lowest BCUT2D eigenvalue weighted by Gasteiger charge is -2.34. The van der Waals surface area contributed by atoms with Gasteiger partial charge >= 0.3 is 7.12 Å². The number of carbonyl (C=O) groups excluding carboxylic acids is 1. The molecule has 1 atom stereocenters. The highest BCUT2D eigenvalue weighted by Crippen LogP contribution is 2.39. The molecule has 0 N–H and O–H groups in total. The van der Waals surface area contributed by atoms with Crippen LogP contribution in [0.1, 0.15) is 77.2 Å². The third-order valence-corrected chi connectivity index (χ3v) is 6.07. The van der Waals surface area contributed by atoms with E-state index in [4.69, 9.17) is 14.0 Å². The van der Waals surface area contributed by atoms with Crippen LogP contribution >= 0.6 is 0 Å². The lowest BCUT2D eigenvalue weighted by molar-refractivity contribution is 0.00578. The average molecular weight is 344 g/mol. The largest absolute Gasteiger partial charge is 0.495 e. The van der Waals surface area contributed by atoms with Crippen LogP contribution in [0.5, 0.6) is 5.75 Å². The van der Waals surface area contributed by atoms with Gasteiger partial charge in [0.25, 0.3) is 0 Å². The number of hydrogen-bond donors (Lipinski definition) is 0. The third-order valence-electron chi connectivity index (χ3n) is 6.07. The standard InChI is InChI=1S/C20H29BO4/c1-8-13-10-14-16(22)12-20(7,9-2)23-17(14)11-15(13)21-24-18(3,4)19(5,6)25-21/h10-11H,8-9,12H2,1-7H3. The van der Waals surface area contributed by atoms with Crippen molar-refractivity contribution in [3.05, 3.63) is 23.3 Å². The van der Waals surface area contributed by atoms with E-state index < -0.39 is 23.9 Å². The van der Waals surface area contributed by atoms with Crippen molar-refractivity contribution < 1.29 is 18.8 Å². The van der Waals surface area contributed by atoms with E-state index in [1.807, 2.05) is 53.7 Å². The van der Waals surface area contributed by atoms with E-state index in [9.17, 15) is 4.79 Å². The number of ether oxygens (including phenoxy) is 1. The van der Waals surface area contributed by atoms with Crippen LogP contribution in [0.4, 0.5) is 0 Å². The number of rotatable bonds is 3. The van der Waals surface area contributed by atoms with Crippen molar-refractivity contribution in [2.24, 2.45) is 0 Å². The number of Topliss-reactive ketones (excluding diaryl/α,β-unsaturated/α-hetero) is 1. The Morgan fingerprint density at radius 3 is 2.16 bits per heavy atom. The molecule has 0 bridgehead atoms. The van der Waals surface area contributed by atoms with E-state index in [1.54, 1.807) is 0 Å². The van der Waals surface area contributed by atoms with E-state index >= 15 is 0 Å². The van der Waals surface area contributed by atoms with E-state index in [-0.39, 0.29) is 5.78 Å². The average Bonchev–Trinajstić information content (AvgIpc) is 2.74. The minimum atomic E-state index is -0.446. The fraction of sp³-hybridized carbons (Fsp3) is 0.650. The zero-order chi connectivity index (χ0) is 18.6. The first kappa shape index (κ1) is 18.5. The van der Waals surface area contributed by atoms with Gasteiger partial charge < -0.3 is 14.0 Å². The molecule has 0 radical (unpaired) electrons. The summed E-state index contributed by atoms with van der Waals surface area (Å²) in [5, 5.41) is 0. The maximum atomic E-state index is 12.6. The lowest BCUT2D eigenvalue weighted by Crippen LogP contribution is -2.41. The second kappa shape index (κ2) is 5.85. The van der Waals surface area contributed by atoms with Crippen LogP contribution in [0, 0.1) is 0 Å². The number of benzene rings is 1. The molecular formula is C20H29BO4. The lowest BCUT2D eigenvalue weighted by atomic mass is 9.73. The highest BCUT2D eigenvalue weighted by atomic mass is 16.7. The normalized spacial score (nSPS) is 27.2. The van der Waals surface area contributed by atoms with Crippen LogP contribution in [-0.4, -0.2) is 29.7 Å². The molecule has 136 valence electrons. The second-order valence-corrected chi connectivity index (χ2v) is 8.49. The summed E-state index contributed by atoms with van der Waals surface area (Å²) in [4.78, 5) is 12.6. The quantitative estimate of drug-likeness (QED) is 0.785. The Bertz CT molecular complexity index is 694. The van der Waals surface area contributed by atoms with Crippen molar-refractivity contribution >= 4 is 18.4 Å². The highest BCUT2D eigenvalue weighted by Gasteiger charge is 2.52. The molecule has 0 spiro atoms. The number of ketones is 1. The molecule has 5 heteroatoms. The van der Waals surface area contributed by atoms with Gasteiger partial charge in [0, 0.05) is 0 Å². The second-order valence-electron chi connectivity index (χ2n) is 8.49. The van der Waals surface area contributed by atoms with Crippen LogP contribution < -0.4 is 10.2 Å². The summed E-state index contributed by atoms with van der Waals surface area (Å²) < 4.78 is 18.7. The molecule has 1 aromatic carbocycles. The van der Waals surface area contributed by atoms with Gasteiger partial charge in [-0.15, -0.1) is 0 Å². The smallest absolute Gasteiger partial charge is 0.486 e. The van der Waals surface area contributed by atoms with Crippen molar-refractivity contribution in [3.8, 4) is 5.75 Å². The first-order chi connectivity index (χ1) is 11.5. The van der Waals surface area contributed by atoms with Gasteiger partial charge in [-0.1, -0.05) is 13.8 Å². The van der Waals surface area contributed by atoms with E-state index in [0.717, 1.165) is 23.9 Å². The van der Waals surface area contributed by atoms with Crippen LogP contribution in [0.15, 0.2) is 12.1 Å². The number of fused-ring (bicyclic) bond motifs is 1. The van der Waals surface area contributed by atoms with Gasteiger partial charge in [0.2, 0.25) is 0 Å². The van der Waals surface area contributed by atoms with Crippen LogP contribution in [-0.2, 0) is 15.7 Å². The van der Waals surface area contributed by atoms with E-state index in [0.29, 0.717) is 17.7 Å². The first-order valence-electron chi connectivity index (χ1n) is 9.26. The molecule has 0 saturated carbocycles. The third kappa shape index (κ3) is 3.02. The molecule has 1 aromatic rings. The molecule has 4 nitrogen and oxygen atoms in total. The maximum Gasteiger partial charge on any atom is 0.495 e. The van der Waals surface area contributed by atoms with Gasteiger partial charge in [0.15, 0.2) is 5.78 Å². The zero-order valence-electron chi connectivity index (χ0n) is 16.5. The van der Waals surface area contributed by atoms with Crippen LogP contribution in [0.2, 0.25) is 0 Å². The molecule has 1 fully saturated rings. The monoisotopic (exact) mass is 344 g/mol. The van der Waals surface area contributed by atoms with Gasteiger partial charge in [-0.3, -0.25) is 4.79 Å². The van der Waals surface area contributed by atoms with Gasteiger partial charge in [-0.25, -0.2) is 0 Å². The topological polar surface area (TPSA) is 44.8 Å². The fourth-order valence-electron chi connectivity index (χ4n) is 3.37. The Labute approximate surface area is 151 Å². The summed E-state index contributed by atoms with van der Waals surface area (Å²) in [5.41, 5.74) is 1.50. The molecule has 2 heterocycles. The molecule has 0 aromatic heterocycles. The van der Waals surface area contributed by atoms with E-state index in [2.05, 4.69) is 6.92 Å². The molecule has 1 saturated heterocycles. The van der Waals surface area contributed by atoms with Gasteiger partial charge in [0.1, 0.15) is 11.4 Å². The molecule has 1 unspecified atom stereocenters. The molecule has 3 rings (SSSR count). The van der Waals surface area contributed by atoms with Gasteiger partial charge in [-0.05, 0) is 70.6 Å². The summed E-state index contributed by atoms with van der Waals surface area (Å²) in [5.74, 6) is 0.809. The Morgan fingerprint density at radius 1 is 1.04 bits per heavy atom. The summed E-state index contributed by atoms with van der Waals surface area (Å²) in [7, 11) is -0.446. The summed E-state index contributed by atoms with van der Waals surface area (Å²) in [6.45, 7) is 14.3. The Hall–Kier alpha value is -1.33. The molecule has 0 aliphatic carbocycles. The molecule has 2 aliphatic rings. The van der Waals surface area contributed by atoms with Crippen molar-refractivity contribution in [1.29, 1.82) is 0 Å². The fourth-order valence-corrected chi connectivity index (χ4v) is 3.37. The van der Waals surface area contributed by atoms with Crippen LogP contribution in [0.25, 0.3) is 0 Å². The summed E-state index contributed by atoms with van der Waals surface area (Å²) >= 11 is 0. The minimum Gasteiger partial charge on any atom is -0.486 e. The molecule has 0 amide bonds. The van der Waals surface area contributed by atoms with Crippen LogP contribution in [0.3, 0.4) is 0 Å². The Kier molecular flexibility index (Phi) is 4.32. The van der Waals surface area contributed by atoms with E-state index in [1.165, 1.54) is 0 Å². The van der Waals surface area contributed by atoms with Gasteiger partial charge in [0.05, 0.1) is 23.2 Å². The summed E-state index contributed by atoms with van der Waals surface area (Å²) in [6.07, 6.45) is 2.03. The minimum absolute atomic E-state index is 0.153. The molecule has 2 aliphatic heterocycles. The highest BCUT2D eigenvalue weighted by molar-refractivity contribution is 6.62. The van der Waals surface area contributed by atoms with Crippen molar-refractivity contribution in [2.75, 3.05) is 0 Å². The summed E-state index contributed by atoms with van der Waals surface area (Å²) in [6, 6.07) is 3.93. The molecular weight excluding hydrogens is 315 g/mol. The number of aryl methyl sites for hydroxylation is 1. The predicted octanol–water partition coefficient (Wildman–Crippen LogP) is 3.68. The first-order valence-corrected chi connectivity index (χ1v) is 9.26. The van der Waals surface area contributed by atoms with Crippen molar-refractivity contribution in [1.82, 2.24) is 0 Å². The number of hydrogen-bond acceptors (Lipinski definition) is 4. The molecule has 25 heavy (non-hydrogen) atoms. The van der Waals surface area contributed by atoms with Crippen molar-refractivity contribution in [3.63, 3.8) is 0 Å². The maximum absolute atomic E-state index is 12.6. The number of carbonyl (C=O) groups is 1. The zero-order valence-corrected chi connectivity index (χ0v) is 16.5. The van der Waals surface area contributed by atoms with Crippen molar-refractivity contribution in [2.45, 2.75) is 84.5 Å². The Morgan fingerprint density at radius 2 is 1.64 bits per heavy atom. The SMILES string of the molecule is CCc1cc2c(cc1B1OC(C)(C)C(C)(C)O1)OC(C)(CC)CC2=O. The van der Waals surface area contributed by atoms with Gasteiger partial charge in [-0.2, -0.15) is 0 Å². The predicted molar refractivity (Wildman–Crippen MR) is 99.8 cm³/mol.